The minimum Gasteiger partial charge on any atom is -0.257 e. The van der Waals surface area contributed by atoms with Gasteiger partial charge < -0.3 is 0 Å². The Labute approximate surface area is 67.0 Å². The third-order valence-corrected chi connectivity index (χ3v) is 1.50. The summed E-state index contributed by atoms with van der Waals surface area (Å²) in [5.41, 5.74) is 1.91. The van der Waals surface area contributed by atoms with Crippen molar-refractivity contribution in [1.82, 2.24) is 9.97 Å². The fraction of sp³-hybridized carbons (Fsp3) is 0.333. The molecular weight excluding hydrogens is 136 g/mol. The summed E-state index contributed by atoms with van der Waals surface area (Å²) >= 11 is 0. The van der Waals surface area contributed by atoms with E-state index in [1.807, 2.05) is 0 Å². The lowest BCUT2D eigenvalue weighted by Gasteiger charge is -2.05. The van der Waals surface area contributed by atoms with E-state index >= 15 is 0 Å². The van der Waals surface area contributed by atoms with Crippen LogP contribution in [0.1, 0.15) is 31.2 Å². The first-order chi connectivity index (χ1) is 5.25. The first-order valence-electron chi connectivity index (χ1n) is 3.69. The molecule has 0 aromatic carbocycles. The van der Waals surface area contributed by atoms with Gasteiger partial charge in [0.25, 0.3) is 0 Å². The van der Waals surface area contributed by atoms with Crippen molar-refractivity contribution in [2.24, 2.45) is 0 Å². The summed E-state index contributed by atoms with van der Waals surface area (Å²) in [5, 5.41) is 0. The lowest BCUT2D eigenvalue weighted by Crippen LogP contribution is -1.97. The molecule has 0 atom stereocenters. The lowest BCUT2D eigenvalue weighted by molar-refractivity contribution is 0.807. The highest BCUT2D eigenvalue weighted by molar-refractivity contribution is 5.44. The van der Waals surface area contributed by atoms with Crippen molar-refractivity contribution in [3.63, 3.8) is 0 Å². The molecular formula is C9H12N2. The molecule has 0 bridgehead atoms. The van der Waals surface area contributed by atoms with Crippen molar-refractivity contribution in [3.05, 3.63) is 30.4 Å². The molecule has 0 unspecified atom stereocenters. The minimum absolute atomic E-state index is 0.414. The van der Waals surface area contributed by atoms with Gasteiger partial charge in [0.15, 0.2) is 0 Å². The molecule has 1 aromatic rings. The molecule has 2 heteroatoms. The Morgan fingerprint density at radius 2 is 2.00 bits per heavy atom. The smallest absolute Gasteiger partial charge is 0.0841 e. The summed E-state index contributed by atoms with van der Waals surface area (Å²) in [6.07, 6.45) is 5.13. The second kappa shape index (κ2) is 3.28. The fourth-order valence-corrected chi connectivity index (χ4v) is 0.962. The summed E-state index contributed by atoms with van der Waals surface area (Å²) in [6.45, 7) is 7.86. The number of nitrogens with zero attached hydrogens (tertiary/aromatic N) is 2. The van der Waals surface area contributed by atoms with Crippen LogP contribution in [0.3, 0.4) is 0 Å². The largest absolute Gasteiger partial charge is 0.257 e. The van der Waals surface area contributed by atoms with Gasteiger partial charge in [-0.1, -0.05) is 20.4 Å². The molecule has 11 heavy (non-hydrogen) atoms. The normalized spacial score (nSPS) is 10.1. The number of aromatic nitrogens is 2. The van der Waals surface area contributed by atoms with Crippen molar-refractivity contribution in [2.75, 3.05) is 0 Å². The average molecular weight is 148 g/mol. The summed E-state index contributed by atoms with van der Waals surface area (Å²) in [6, 6.07) is 0. The molecule has 1 rings (SSSR count). The van der Waals surface area contributed by atoms with Crippen LogP contribution in [0, 0.1) is 0 Å². The average Bonchev–Trinajstić information content (AvgIpc) is 2.04. The van der Waals surface area contributed by atoms with Gasteiger partial charge >= 0.3 is 0 Å². The van der Waals surface area contributed by atoms with Gasteiger partial charge in [0.1, 0.15) is 0 Å². The third-order valence-electron chi connectivity index (χ3n) is 1.50. The van der Waals surface area contributed by atoms with Crippen molar-refractivity contribution >= 4 is 6.08 Å². The highest BCUT2D eigenvalue weighted by Crippen LogP contribution is 2.14. The van der Waals surface area contributed by atoms with E-state index in [2.05, 4.69) is 30.4 Å². The fourth-order valence-electron chi connectivity index (χ4n) is 0.962. The highest BCUT2D eigenvalue weighted by Gasteiger charge is 2.04. The van der Waals surface area contributed by atoms with Gasteiger partial charge in [0, 0.05) is 12.4 Å². The van der Waals surface area contributed by atoms with E-state index in [9.17, 15) is 0 Å². The zero-order chi connectivity index (χ0) is 8.27. The maximum Gasteiger partial charge on any atom is 0.0841 e. The molecule has 0 aliphatic heterocycles. The van der Waals surface area contributed by atoms with Crippen LogP contribution in [0.5, 0.6) is 0 Å². The molecule has 0 fully saturated rings. The molecule has 0 aliphatic rings. The maximum atomic E-state index is 4.22. The van der Waals surface area contributed by atoms with Gasteiger partial charge in [-0.15, -0.1) is 0 Å². The predicted octanol–water partition coefficient (Wildman–Crippen LogP) is 2.24. The Morgan fingerprint density at radius 1 is 1.36 bits per heavy atom. The zero-order valence-electron chi connectivity index (χ0n) is 6.91. The Morgan fingerprint density at radius 3 is 2.45 bits per heavy atom. The minimum atomic E-state index is 0.414. The Balaban J connectivity index is 3.12. The van der Waals surface area contributed by atoms with Crippen LogP contribution >= 0.6 is 0 Å². The number of rotatable bonds is 2. The van der Waals surface area contributed by atoms with Crippen LogP contribution in [0.4, 0.5) is 0 Å². The van der Waals surface area contributed by atoms with Crippen LogP contribution in [-0.4, -0.2) is 9.97 Å². The molecule has 0 radical (unpaired) electrons. The van der Waals surface area contributed by atoms with E-state index in [0.29, 0.717) is 5.92 Å². The van der Waals surface area contributed by atoms with E-state index in [1.165, 1.54) is 0 Å². The number of hydrogen-bond donors (Lipinski definition) is 0. The second-order valence-corrected chi connectivity index (χ2v) is 2.69. The van der Waals surface area contributed by atoms with E-state index in [0.717, 1.165) is 11.4 Å². The molecule has 0 saturated carbocycles. The van der Waals surface area contributed by atoms with E-state index in [-0.39, 0.29) is 0 Å². The molecule has 2 nitrogen and oxygen atoms in total. The van der Waals surface area contributed by atoms with Gasteiger partial charge in [-0.3, -0.25) is 9.97 Å². The monoisotopic (exact) mass is 148 g/mol. The SMILES string of the molecule is C=Cc1nccnc1C(C)C. The summed E-state index contributed by atoms with van der Waals surface area (Å²) in [7, 11) is 0. The van der Waals surface area contributed by atoms with Gasteiger partial charge in [0.2, 0.25) is 0 Å². The lowest BCUT2D eigenvalue weighted by atomic mass is 10.1. The van der Waals surface area contributed by atoms with E-state index < -0.39 is 0 Å². The van der Waals surface area contributed by atoms with Crippen LogP contribution in [-0.2, 0) is 0 Å². The van der Waals surface area contributed by atoms with E-state index in [4.69, 9.17) is 0 Å². The predicted molar refractivity (Wildman–Crippen MR) is 46.2 cm³/mol. The van der Waals surface area contributed by atoms with E-state index in [1.54, 1.807) is 18.5 Å². The Bertz CT molecular complexity index is 253. The first kappa shape index (κ1) is 7.92. The molecule has 0 amide bonds. The molecule has 1 aromatic heterocycles. The van der Waals surface area contributed by atoms with Crippen molar-refractivity contribution in [3.8, 4) is 0 Å². The van der Waals surface area contributed by atoms with Gasteiger partial charge in [-0.2, -0.15) is 0 Å². The first-order valence-corrected chi connectivity index (χ1v) is 3.69. The van der Waals surface area contributed by atoms with Crippen LogP contribution in [0.2, 0.25) is 0 Å². The summed E-state index contributed by atoms with van der Waals surface area (Å²) < 4.78 is 0. The second-order valence-electron chi connectivity index (χ2n) is 2.69. The highest BCUT2D eigenvalue weighted by atomic mass is 14.8. The standard InChI is InChI=1S/C9H12N2/c1-4-8-9(7(2)3)11-6-5-10-8/h4-7H,1H2,2-3H3. The number of hydrogen-bond acceptors (Lipinski definition) is 2. The summed E-state index contributed by atoms with van der Waals surface area (Å²) in [4.78, 5) is 8.35. The molecule has 0 saturated heterocycles. The Kier molecular flexibility index (Phi) is 2.36. The third kappa shape index (κ3) is 1.64. The van der Waals surface area contributed by atoms with Crippen molar-refractivity contribution in [1.29, 1.82) is 0 Å². The van der Waals surface area contributed by atoms with Crippen molar-refractivity contribution < 1.29 is 0 Å². The molecule has 0 N–H and O–H groups in total. The van der Waals surface area contributed by atoms with Crippen molar-refractivity contribution in [2.45, 2.75) is 19.8 Å². The summed E-state index contributed by atoms with van der Waals surface area (Å²) in [5.74, 6) is 0.414. The van der Waals surface area contributed by atoms with Crippen LogP contribution in [0.15, 0.2) is 19.0 Å². The Hall–Kier alpha value is -1.18. The van der Waals surface area contributed by atoms with Crippen LogP contribution < -0.4 is 0 Å². The van der Waals surface area contributed by atoms with Gasteiger partial charge in [-0.25, -0.2) is 0 Å². The molecule has 0 spiro atoms. The topological polar surface area (TPSA) is 25.8 Å². The zero-order valence-corrected chi connectivity index (χ0v) is 6.91. The van der Waals surface area contributed by atoms with Crippen LogP contribution in [0.25, 0.3) is 6.08 Å². The molecule has 1 heterocycles. The quantitative estimate of drug-likeness (QED) is 0.642. The van der Waals surface area contributed by atoms with Gasteiger partial charge in [-0.05, 0) is 12.0 Å². The molecule has 0 aliphatic carbocycles. The van der Waals surface area contributed by atoms with Gasteiger partial charge in [0.05, 0.1) is 11.4 Å². The molecule has 58 valence electrons. The maximum absolute atomic E-state index is 4.22.